The molecule has 4 aromatic rings. The molecule has 2 aliphatic carbocycles. The van der Waals surface area contributed by atoms with Crippen LogP contribution in [-0.2, 0) is 35.2 Å². The molecule has 70 heavy (non-hydrogen) atoms. The second-order valence-corrected chi connectivity index (χ2v) is 18.0. The van der Waals surface area contributed by atoms with Crippen molar-refractivity contribution in [3.8, 4) is 23.0 Å². The lowest BCUT2D eigenvalue weighted by atomic mass is 9.71. The number of aromatic carboxylic acids is 2. The van der Waals surface area contributed by atoms with Gasteiger partial charge in [0, 0.05) is 33.4 Å². The van der Waals surface area contributed by atoms with Crippen LogP contribution in [0.2, 0.25) is 0 Å². The van der Waals surface area contributed by atoms with Crippen LogP contribution in [0.5, 0.6) is 23.0 Å². The van der Waals surface area contributed by atoms with Crippen molar-refractivity contribution in [2.24, 2.45) is 0 Å². The predicted molar refractivity (Wildman–Crippen MR) is 233 cm³/mol. The second kappa shape index (κ2) is 17.9. The zero-order valence-electron chi connectivity index (χ0n) is 38.1. The molecule has 0 bridgehead atoms. The first-order chi connectivity index (χ1) is 32.9. The number of aromatic hydroxyl groups is 3. The summed E-state index contributed by atoms with van der Waals surface area (Å²) in [5.74, 6) is -7.24. The molecule has 2 saturated heterocycles. The number of rotatable bonds is 11. The third-order valence-corrected chi connectivity index (χ3v) is 13.8. The van der Waals surface area contributed by atoms with Crippen LogP contribution < -0.4 is 4.74 Å². The zero-order valence-corrected chi connectivity index (χ0v) is 38.1. The van der Waals surface area contributed by atoms with E-state index in [1.54, 1.807) is 0 Å². The van der Waals surface area contributed by atoms with Crippen molar-refractivity contribution < 1.29 is 109 Å². The number of phenols is 3. The third-order valence-electron chi connectivity index (χ3n) is 13.8. The number of aliphatic hydroxyl groups excluding tert-OH is 7. The molecule has 2 heterocycles. The van der Waals surface area contributed by atoms with Crippen LogP contribution in [0.4, 0.5) is 0 Å². The Kier molecular flexibility index (Phi) is 12.9. The van der Waals surface area contributed by atoms with Gasteiger partial charge in [-0.05, 0) is 75.9 Å². The molecule has 0 spiro atoms. The Balaban J connectivity index is 1.24. The summed E-state index contributed by atoms with van der Waals surface area (Å²) in [5, 5.41) is 129. The van der Waals surface area contributed by atoms with Crippen molar-refractivity contribution in [1.29, 1.82) is 0 Å². The van der Waals surface area contributed by atoms with E-state index < -0.39 is 143 Å². The first-order valence-corrected chi connectivity index (χ1v) is 21.7. The van der Waals surface area contributed by atoms with Gasteiger partial charge in [-0.3, -0.25) is 9.59 Å². The van der Waals surface area contributed by atoms with E-state index in [2.05, 4.69) is 0 Å². The van der Waals surface area contributed by atoms with Crippen LogP contribution >= 0.6 is 0 Å². The van der Waals surface area contributed by atoms with Gasteiger partial charge in [-0.1, -0.05) is 24.3 Å². The maximum Gasteiger partial charge on any atom is 0.339 e. The van der Waals surface area contributed by atoms with Crippen LogP contribution in [0.3, 0.4) is 0 Å². The Hall–Kier alpha value is -6.12. The van der Waals surface area contributed by atoms with E-state index in [1.807, 2.05) is 0 Å². The highest BCUT2D eigenvalue weighted by Crippen LogP contribution is 2.53. The summed E-state index contributed by atoms with van der Waals surface area (Å²) in [6.45, 7) is 6.55. The maximum absolute atomic E-state index is 14.7. The summed E-state index contributed by atoms with van der Waals surface area (Å²) >= 11 is 0. The standard InChI is InChI=1S/C48H50O22/c1-15-7-9-19-31(33(15)52)36(55)27-17(3)29(43(61)62)23(51)11-21(27)47(19,5)69-70-48(6)20-10-8-16(2)34(53)32(20)37(56)28-18(4)30(44(63)64)24(12-22(28)48)65-45-41(60)39(58)42(26(14-50)67-45)68-46-40(59)38(57)35(54)25(13-49)66-46/h7-12,25-26,35,38-42,45-46,49-54,57-60H,13-14H2,1-6H3,(H,61,62)(H,63,64)/t25-,26-,35+,38+,39-,40-,41-,42+,45+,46-,47?,48?/m0/s1. The Morgan fingerprint density at radius 2 is 1.04 bits per heavy atom. The average Bonchev–Trinajstić information content (AvgIpc) is 3.30. The van der Waals surface area contributed by atoms with E-state index in [0.717, 1.165) is 12.1 Å². The quantitative estimate of drug-likeness (QED) is 0.0727. The number of hydrogen-bond donors (Lipinski definition) is 12. The van der Waals surface area contributed by atoms with Crippen molar-refractivity contribution in [3.05, 3.63) is 114 Å². The van der Waals surface area contributed by atoms with E-state index >= 15 is 0 Å². The molecule has 4 aliphatic rings. The molecule has 4 aromatic carbocycles. The van der Waals surface area contributed by atoms with E-state index in [4.69, 9.17) is 28.7 Å². The number of ether oxygens (including phenoxy) is 4. The van der Waals surface area contributed by atoms with Gasteiger partial charge < -0.3 is 80.2 Å². The number of carbonyl (C=O) groups is 4. The highest BCUT2D eigenvalue weighted by molar-refractivity contribution is 6.18. The summed E-state index contributed by atoms with van der Waals surface area (Å²) in [6.07, 6.45) is -18.6. The van der Waals surface area contributed by atoms with Crippen molar-refractivity contribution in [2.45, 2.75) is 114 Å². The van der Waals surface area contributed by atoms with Gasteiger partial charge in [-0.15, -0.1) is 0 Å². The first kappa shape index (κ1) is 50.3. The Morgan fingerprint density at radius 3 is 1.53 bits per heavy atom. The first-order valence-electron chi connectivity index (χ1n) is 21.7. The van der Waals surface area contributed by atoms with Gasteiger partial charge in [0.1, 0.15) is 83.0 Å². The Labute approximate surface area is 396 Å². The number of aliphatic hydroxyl groups is 7. The SMILES string of the molecule is Cc1ccc2c(c1O)C(=O)c1c(cc(O)c(C(=O)O)c1C)C2(C)OOC1(C)c2cc(O[C@@H]3O[C@@H](CO)[C@@H](O[C@@H]4O[C@@H](CO)[C@@H](O)[C@@H](O)[C@@H]4O)[C@@H](O)[C@@H]3O)c(C(=O)O)c(C)c2C(=O)c2c1ccc(C)c2O. The molecule has 12 N–H and O–H groups in total. The summed E-state index contributed by atoms with van der Waals surface area (Å²) in [4.78, 5) is 67.4. The monoisotopic (exact) mass is 978 g/mol. The van der Waals surface area contributed by atoms with E-state index in [-0.39, 0.29) is 66.8 Å². The lowest BCUT2D eigenvalue weighted by molar-refractivity contribution is -0.399. The largest absolute Gasteiger partial charge is 0.507 e. The number of benzene rings is 4. The number of aryl methyl sites for hydroxylation is 2. The molecule has 22 nitrogen and oxygen atoms in total. The number of carboxylic acids is 2. The van der Waals surface area contributed by atoms with Gasteiger partial charge in [-0.2, -0.15) is 0 Å². The number of fused-ring (bicyclic) bond motifs is 4. The lowest BCUT2D eigenvalue weighted by Gasteiger charge is -2.46. The zero-order chi connectivity index (χ0) is 51.4. The minimum Gasteiger partial charge on any atom is -0.507 e. The molecule has 0 radical (unpaired) electrons. The lowest BCUT2D eigenvalue weighted by Crippen LogP contribution is -2.65. The van der Waals surface area contributed by atoms with Crippen LogP contribution in [0.15, 0.2) is 36.4 Å². The molecule has 2 fully saturated rings. The third kappa shape index (κ3) is 7.50. The highest BCUT2D eigenvalue weighted by atomic mass is 17.2. The van der Waals surface area contributed by atoms with Crippen molar-refractivity contribution in [3.63, 3.8) is 0 Å². The number of carbonyl (C=O) groups excluding carboxylic acids is 2. The van der Waals surface area contributed by atoms with Crippen molar-refractivity contribution in [1.82, 2.24) is 0 Å². The Bertz CT molecular complexity index is 2860. The van der Waals surface area contributed by atoms with Gasteiger partial charge in [-0.25, -0.2) is 19.4 Å². The van der Waals surface area contributed by atoms with Gasteiger partial charge >= 0.3 is 11.9 Å². The van der Waals surface area contributed by atoms with Crippen molar-refractivity contribution in [2.75, 3.05) is 13.2 Å². The number of phenolic OH excluding ortho intramolecular Hbond substituents is 2. The van der Waals surface area contributed by atoms with Crippen LogP contribution in [0.1, 0.15) is 111 Å². The topological polar surface area (TPSA) is 366 Å². The number of ketones is 2. The van der Waals surface area contributed by atoms with Crippen LogP contribution in [0.25, 0.3) is 0 Å². The average molecular weight is 979 g/mol. The van der Waals surface area contributed by atoms with E-state index in [1.165, 1.54) is 65.8 Å². The summed E-state index contributed by atoms with van der Waals surface area (Å²) in [7, 11) is 0. The van der Waals surface area contributed by atoms with Gasteiger partial charge in [0.25, 0.3) is 0 Å². The van der Waals surface area contributed by atoms with Crippen LogP contribution in [0, 0.1) is 27.7 Å². The minimum absolute atomic E-state index is 0.00616. The maximum atomic E-state index is 14.7. The normalized spacial score (nSPS) is 30.2. The number of carboxylic acid groups (broad SMARTS) is 2. The van der Waals surface area contributed by atoms with Gasteiger partial charge in [0.15, 0.2) is 29.1 Å². The molecular formula is C48H50O22. The fourth-order valence-corrected chi connectivity index (χ4v) is 9.86. The molecule has 0 aromatic heterocycles. The minimum atomic E-state index is -2.15. The molecule has 12 atom stereocenters. The molecule has 22 heteroatoms. The second-order valence-electron chi connectivity index (χ2n) is 18.0. The fraction of sp³-hybridized carbons (Fsp3) is 0.417. The number of hydrogen-bond acceptors (Lipinski definition) is 20. The molecule has 8 rings (SSSR count). The van der Waals surface area contributed by atoms with Gasteiger partial charge in [0.05, 0.1) is 24.3 Å². The molecule has 0 saturated carbocycles. The summed E-state index contributed by atoms with van der Waals surface area (Å²) in [5.41, 5.74) is -6.91. The molecule has 0 amide bonds. The smallest absolute Gasteiger partial charge is 0.339 e. The Morgan fingerprint density at radius 1 is 0.586 bits per heavy atom. The van der Waals surface area contributed by atoms with Crippen molar-refractivity contribution >= 4 is 23.5 Å². The van der Waals surface area contributed by atoms with Gasteiger partial charge in [0.2, 0.25) is 6.29 Å². The van der Waals surface area contributed by atoms with E-state index in [9.17, 15) is 80.5 Å². The van der Waals surface area contributed by atoms with Crippen LogP contribution in [-0.4, -0.2) is 159 Å². The molecule has 2 aliphatic heterocycles. The fourth-order valence-electron chi connectivity index (χ4n) is 9.86. The summed E-state index contributed by atoms with van der Waals surface area (Å²) < 4.78 is 22.8. The predicted octanol–water partition coefficient (Wildman–Crippen LogP) is 0.701. The molecule has 2 unspecified atom stereocenters. The highest BCUT2D eigenvalue weighted by Gasteiger charge is 2.54. The molecular weight excluding hydrogens is 929 g/mol. The molecule has 374 valence electrons. The summed E-state index contributed by atoms with van der Waals surface area (Å²) in [6, 6.07) is 7.88. The van der Waals surface area contributed by atoms with E-state index in [0.29, 0.717) is 0 Å².